The number of hydrogen-bond acceptors (Lipinski definition) is 6. The van der Waals surface area contributed by atoms with Gasteiger partial charge in [0.2, 0.25) is 10.0 Å². The third kappa shape index (κ3) is 4.96. The first-order valence-electron chi connectivity index (χ1n) is 10.8. The molecule has 2 aliphatic rings. The Balaban J connectivity index is 1.68. The van der Waals surface area contributed by atoms with E-state index in [1.54, 1.807) is 24.1 Å². The van der Waals surface area contributed by atoms with Gasteiger partial charge in [-0.05, 0) is 23.8 Å². The van der Waals surface area contributed by atoms with E-state index < -0.39 is 10.0 Å². The smallest absolute Gasteiger partial charge is 0.256 e. The molecule has 9 heteroatoms. The molecule has 0 saturated carbocycles. The highest BCUT2D eigenvalue weighted by Crippen LogP contribution is 2.28. The van der Waals surface area contributed by atoms with Crippen molar-refractivity contribution < 1.29 is 22.7 Å². The molecule has 2 saturated heterocycles. The van der Waals surface area contributed by atoms with Crippen LogP contribution in [0, 0.1) is 0 Å². The van der Waals surface area contributed by atoms with Crippen LogP contribution >= 0.6 is 0 Å². The number of nitrogens with zero attached hydrogens (tertiary/aromatic N) is 3. The Morgan fingerprint density at radius 1 is 0.938 bits per heavy atom. The van der Waals surface area contributed by atoms with Crippen molar-refractivity contribution in [1.82, 2.24) is 9.21 Å². The molecule has 0 N–H and O–H groups in total. The molecule has 4 rings (SSSR count). The molecule has 8 nitrogen and oxygen atoms in total. The molecular formula is C23H29N3O5S. The van der Waals surface area contributed by atoms with Gasteiger partial charge in [0.1, 0.15) is 0 Å². The molecule has 0 spiro atoms. The minimum Gasteiger partial charge on any atom is -0.379 e. The number of rotatable bonds is 6. The lowest BCUT2D eigenvalue weighted by molar-refractivity contribution is 0.0730. The summed E-state index contributed by atoms with van der Waals surface area (Å²) in [6.07, 6.45) is 0. The highest BCUT2D eigenvalue weighted by Gasteiger charge is 2.29. The summed E-state index contributed by atoms with van der Waals surface area (Å²) in [5.41, 5.74) is 2.13. The van der Waals surface area contributed by atoms with Crippen LogP contribution in [0.2, 0.25) is 0 Å². The number of sulfonamides is 1. The molecule has 0 radical (unpaired) electrons. The van der Waals surface area contributed by atoms with Gasteiger partial charge in [-0.1, -0.05) is 30.3 Å². The largest absolute Gasteiger partial charge is 0.379 e. The summed E-state index contributed by atoms with van der Waals surface area (Å²) in [6, 6.07) is 14.6. The number of anilines is 1. The molecular weight excluding hydrogens is 430 g/mol. The van der Waals surface area contributed by atoms with Gasteiger partial charge in [-0.2, -0.15) is 4.31 Å². The predicted octanol–water partition coefficient (Wildman–Crippen LogP) is 1.82. The van der Waals surface area contributed by atoms with E-state index >= 15 is 0 Å². The highest BCUT2D eigenvalue weighted by molar-refractivity contribution is 7.89. The minimum absolute atomic E-state index is 0.132. The molecule has 0 aromatic heterocycles. The predicted molar refractivity (Wildman–Crippen MR) is 121 cm³/mol. The monoisotopic (exact) mass is 459 g/mol. The van der Waals surface area contributed by atoms with E-state index in [4.69, 9.17) is 9.47 Å². The molecule has 0 aliphatic carbocycles. The fourth-order valence-corrected chi connectivity index (χ4v) is 5.43. The SMILES string of the molecule is CN(Cc1ccccc1)C(=O)c1cc(S(=O)(=O)N2CCOCC2)ccc1N1CCOCC1. The van der Waals surface area contributed by atoms with Gasteiger partial charge in [-0.15, -0.1) is 0 Å². The van der Waals surface area contributed by atoms with E-state index in [1.165, 1.54) is 10.4 Å². The summed E-state index contributed by atoms with van der Waals surface area (Å²) in [7, 11) is -1.97. The fraction of sp³-hybridized carbons (Fsp3) is 0.435. The van der Waals surface area contributed by atoms with Crippen LogP contribution in [0.25, 0.3) is 0 Å². The minimum atomic E-state index is -3.71. The molecule has 2 fully saturated rings. The number of carbonyl (C=O) groups excluding carboxylic acids is 1. The van der Waals surface area contributed by atoms with E-state index in [2.05, 4.69) is 4.90 Å². The maximum Gasteiger partial charge on any atom is 0.256 e. The van der Waals surface area contributed by atoms with Crippen LogP contribution in [0.15, 0.2) is 53.4 Å². The number of amides is 1. The Bertz CT molecular complexity index is 1030. The second-order valence-electron chi connectivity index (χ2n) is 7.94. The summed E-state index contributed by atoms with van der Waals surface area (Å²) in [6.45, 7) is 4.24. The van der Waals surface area contributed by atoms with E-state index in [0.29, 0.717) is 64.7 Å². The first-order chi connectivity index (χ1) is 15.5. The van der Waals surface area contributed by atoms with Gasteiger partial charge in [0.05, 0.1) is 36.9 Å². The van der Waals surface area contributed by atoms with E-state index in [9.17, 15) is 13.2 Å². The van der Waals surface area contributed by atoms with Crippen molar-refractivity contribution in [1.29, 1.82) is 0 Å². The average molecular weight is 460 g/mol. The van der Waals surface area contributed by atoms with E-state index in [-0.39, 0.29) is 10.8 Å². The first kappa shape index (κ1) is 22.7. The summed E-state index contributed by atoms with van der Waals surface area (Å²) in [4.78, 5) is 17.3. The van der Waals surface area contributed by atoms with Crippen LogP contribution < -0.4 is 4.90 Å². The first-order valence-corrected chi connectivity index (χ1v) is 12.2. The van der Waals surface area contributed by atoms with Crippen molar-refractivity contribution in [3.05, 3.63) is 59.7 Å². The maximum atomic E-state index is 13.5. The molecule has 2 aromatic carbocycles. The van der Waals surface area contributed by atoms with Crippen LogP contribution in [0.1, 0.15) is 15.9 Å². The lowest BCUT2D eigenvalue weighted by Gasteiger charge is -2.32. The van der Waals surface area contributed by atoms with Gasteiger partial charge in [-0.25, -0.2) is 8.42 Å². The molecule has 0 bridgehead atoms. The molecule has 2 aliphatic heterocycles. The molecule has 1 amide bonds. The number of ether oxygens (including phenoxy) is 2. The standard InChI is InChI=1S/C23H29N3O5S/c1-24(18-19-5-3-2-4-6-19)23(27)21-17-20(32(28,29)26-11-15-31-16-12-26)7-8-22(21)25-9-13-30-14-10-25/h2-8,17H,9-16,18H2,1H3. The van der Waals surface area contributed by atoms with Crippen molar-refractivity contribution in [3.8, 4) is 0 Å². The number of morpholine rings is 2. The Labute approximate surface area is 189 Å². The van der Waals surface area contributed by atoms with Crippen LogP contribution in [-0.2, 0) is 26.0 Å². The van der Waals surface area contributed by atoms with Crippen LogP contribution in [-0.4, -0.2) is 83.2 Å². The van der Waals surface area contributed by atoms with Gasteiger partial charge in [-0.3, -0.25) is 4.79 Å². The quantitative estimate of drug-likeness (QED) is 0.656. The van der Waals surface area contributed by atoms with Gasteiger partial charge < -0.3 is 19.3 Å². The molecule has 0 atom stereocenters. The third-order valence-corrected chi connectivity index (χ3v) is 7.66. The Morgan fingerprint density at radius 2 is 1.56 bits per heavy atom. The molecule has 2 aromatic rings. The zero-order chi connectivity index (χ0) is 22.6. The van der Waals surface area contributed by atoms with Crippen molar-refractivity contribution in [2.45, 2.75) is 11.4 Å². The number of carbonyl (C=O) groups is 1. The fourth-order valence-electron chi connectivity index (χ4n) is 4.00. The van der Waals surface area contributed by atoms with E-state index in [1.807, 2.05) is 30.3 Å². The van der Waals surface area contributed by atoms with Gasteiger partial charge in [0.15, 0.2) is 0 Å². The van der Waals surface area contributed by atoms with Gasteiger partial charge in [0, 0.05) is 45.5 Å². The summed E-state index contributed by atoms with van der Waals surface area (Å²) in [5, 5.41) is 0. The second-order valence-corrected chi connectivity index (χ2v) is 9.88. The molecule has 0 unspecified atom stereocenters. The lowest BCUT2D eigenvalue weighted by Crippen LogP contribution is -2.41. The topological polar surface area (TPSA) is 79.4 Å². The lowest BCUT2D eigenvalue weighted by atomic mass is 10.1. The van der Waals surface area contributed by atoms with Crippen LogP contribution in [0.3, 0.4) is 0 Å². The maximum absolute atomic E-state index is 13.5. The Morgan fingerprint density at radius 3 is 2.22 bits per heavy atom. The van der Waals surface area contributed by atoms with Crippen molar-refractivity contribution in [2.24, 2.45) is 0 Å². The Kier molecular flexibility index (Phi) is 7.10. The van der Waals surface area contributed by atoms with Crippen molar-refractivity contribution in [2.75, 3.05) is 64.6 Å². The summed E-state index contributed by atoms with van der Waals surface area (Å²) >= 11 is 0. The highest BCUT2D eigenvalue weighted by atomic mass is 32.2. The molecule has 2 heterocycles. The zero-order valence-corrected chi connectivity index (χ0v) is 19.1. The summed E-state index contributed by atoms with van der Waals surface area (Å²) < 4.78 is 38.6. The van der Waals surface area contributed by atoms with Gasteiger partial charge >= 0.3 is 0 Å². The Hall–Kier alpha value is -2.46. The average Bonchev–Trinajstić information content (AvgIpc) is 2.85. The summed E-state index contributed by atoms with van der Waals surface area (Å²) in [5.74, 6) is -0.214. The van der Waals surface area contributed by atoms with Gasteiger partial charge in [0.25, 0.3) is 5.91 Å². The van der Waals surface area contributed by atoms with Crippen molar-refractivity contribution >= 4 is 21.6 Å². The van der Waals surface area contributed by atoms with Crippen molar-refractivity contribution in [3.63, 3.8) is 0 Å². The molecule has 32 heavy (non-hydrogen) atoms. The van der Waals surface area contributed by atoms with Crippen LogP contribution in [0.4, 0.5) is 5.69 Å². The van der Waals surface area contributed by atoms with Crippen LogP contribution in [0.5, 0.6) is 0 Å². The normalized spacial score (nSPS) is 17.8. The van der Waals surface area contributed by atoms with E-state index in [0.717, 1.165) is 11.3 Å². The number of benzene rings is 2. The zero-order valence-electron chi connectivity index (χ0n) is 18.3. The second kappa shape index (κ2) is 9.99. The third-order valence-electron chi connectivity index (χ3n) is 5.77. The molecule has 172 valence electrons. The number of hydrogen-bond donors (Lipinski definition) is 0.